The molecule has 0 spiro atoms. The first-order chi connectivity index (χ1) is 14.1. The summed E-state index contributed by atoms with van der Waals surface area (Å²) < 4.78 is 6.99. The predicted octanol–water partition coefficient (Wildman–Crippen LogP) is 3.55. The number of fused-ring (bicyclic) bond motifs is 1. The lowest BCUT2D eigenvalue weighted by molar-refractivity contribution is 0.0291. The first kappa shape index (κ1) is 18.9. The summed E-state index contributed by atoms with van der Waals surface area (Å²) >= 11 is 0. The van der Waals surface area contributed by atoms with Crippen molar-refractivity contribution < 1.29 is 9.53 Å². The van der Waals surface area contributed by atoms with Crippen molar-refractivity contribution in [2.75, 3.05) is 5.32 Å². The van der Waals surface area contributed by atoms with Crippen LogP contribution >= 0.6 is 0 Å². The molecule has 29 heavy (non-hydrogen) atoms. The molecule has 0 saturated heterocycles. The number of nitrogens with zero attached hydrogens (tertiary/aromatic N) is 3. The van der Waals surface area contributed by atoms with Crippen molar-refractivity contribution in [3.63, 3.8) is 0 Å². The molecule has 4 rings (SSSR count). The third-order valence-electron chi connectivity index (χ3n) is 5.12. The molecule has 2 heterocycles. The number of hydrogen-bond donors (Lipinski definition) is 1. The summed E-state index contributed by atoms with van der Waals surface area (Å²) in [5.41, 5.74) is 3.92. The van der Waals surface area contributed by atoms with Gasteiger partial charge in [-0.1, -0.05) is 24.3 Å². The van der Waals surface area contributed by atoms with Gasteiger partial charge in [-0.3, -0.25) is 9.78 Å². The van der Waals surface area contributed by atoms with Gasteiger partial charge in [0.1, 0.15) is 11.8 Å². The predicted molar refractivity (Wildman–Crippen MR) is 109 cm³/mol. The van der Waals surface area contributed by atoms with Crippen LogP contribution < -0.4 is 10.9 Å². The highest BCUT2D eigenvalue weighted by molar-refractivity contribution is 5.88. The zero-order valence-electron chi connectivity index (χ0n) is 16.4. The lowest BCUT2D eigenvalue weighted by atomic mass is 10.1. The molecule has 0 aliphatic heterocycles. The number of anilines is 2. The summed E-state index contributed by atoms with van der Waals surface area (Å²) in [6.07, 6.45) is 4.65. The van der Waals surface area contributed by atoms with E-state index in [2.05, 4.69) is 21.5 Å². The van der Waals surface area contributed by atoms with Gasteiger partial charge in [0.25, 0.3) is 5.56 Å². The Hall–Kier alpha value is -3.48. The van der Waals surface area contributed by atoms with Gasteiger partial charge in [-0.05, 0) is 49.4 Å². The quantitative estimate of drug-likeness (QED) is 0.671. The van der Waals surface area contributed by atoms with E-state index in [1.165, 1.54) is 16.3 Å². The maximum absolute atomic E-state index is 12.8. The average molecular weight is 390 g/mol. The van der Waals surface area contributed by atoms with Crippen molar-refractivity contribution >= 4 is 17.3 Å². The van der Waals surface area contributed by atoms with Crippen LogP contribution in [-0.2, 0) is 17.7 Å². The highest BCUT2D eigenvalue weighted by Crippen LogP contribution is 2.34. The number of carbonyl (C=O) groups excluding carboxylic acids is 1. The van der Waals surface area contributed by atoms with Crippen molar-refractivity contribution in [3.8, 4) is 0 Å². The minimum Gasteiger partial charge on any atom is -0.453 e. The third kappa shape index (κ3) is 3.76. The van der Waals surface area contributed by atoms with E-state index in [0.29, 0.717) is 12.2 Å². The van der Waals surface area contributed by atoms with Gasteiger partial charge in [-0.2, -0.15) is 5.10 Å². The molecule has 0 amide bonds. The van der Waals surface area contributed by atoms with Crippen LogP contribution in [0.2, 0.25) is 0 Å². The Morgan fingerprint density at radius 1 is 1.28 bits per heavy atom. The fourth-order valence-corrected chi connectivity index (χ4v) is 3.52. The lowest BCUT2D eigenvalue weighted by Gasteiger charge is -2.15. The SMILES string of the molecule is CCn1nc(C(=O)OC2CCc3ccccc32)cc(Nc2cnccc2C)c1=O. The molecule has 2 aromatic heterocycles. The van der Waals surface area contributed by atoms with Crippen molar-refractivity contribution in [2.24, 2.45) is 0 Å². The Bertz CT molecular complexity index is 1120. The summed E-state index contributed by atoms with van der Waals surface area (Å²) in [7, 11) is 0. The highest BCUT2D eigenvalue weighted by atomic mass is 16.5. The smallest absolute Gasteiger partial charge is 0.359 e. The molecule has 1 N–H and O–H groups in total. The van der Waals surface area contributed by atoms with E-state index in [1.807, 2.05) is 31.2 Å². The number of carbonyl (C=O) groups is 1. The van der Waals surface area contributed by atoms with Crippen LogP contribution in [0.5, 0.6) is 0 Å². The molecule has 0 fully saturated rings. The Labute approximate surface area is 168 Å². The number of rotatable bonds is 5. The molecule has 148 valence electrons. The van der Waals surface area contributed by atoms with Crippen molar-refractivity contribution in [1.29, 1.82) is 0 Å². The molecule has 0 radical (unpaired) electrons. The molecule has 7 nitrogen and oxygen atoms in total. The monoisotopic (exact) mass is 390 g/mol. The third-order valence-corrected chi connectivity index (χ3v) is 5.12. The normalized spacial score (nSPS) is 15.0. The zero-order valence-corrected chi connectivity index (χ0v) is 16.4. The number of pyridine rings is 1. The van der Waals surface area contributed by atoms with Gasteiger partial charge in [0.15, 0.2) is 5.69 Å². The van der Waals surface area contributed by atoms with Gasteiger partial charge >= 0.3 is 5.97 Å². The number of hydrogen-bond acceptors (Lipinski definition) is 6. The lowest BCUT2D eigenvalue weighted by Crippen LogP contribution is -2.27. The van der Waals surface area contributed by atoms with Crippen LogP contribution in [0.3, 0.4) is 0 Å². The molecule has 7 heteroatoms. The summed E-state index contributed by atoms with van der Waals surface area (Å²) in [6.45, 7) is 4.05. The highest BCUT2D eigenvalue weighted by Gasteiger charge is 2.27. The van der Waals surface area contributed by atoms with Crippen LogP contribution in [-0.4, -0.2) is 20.7 Å². The summed E-state index contributed by atoms with van der Waals surface area (Å²) in [6, 6.07) is 11.3. The second kappa shape index (κ2) is 7.87. The zero-order chi connectivity index (χ0) is 20.4. The topological polar surface area (TPSA) is 86.1 Å². The van der Waals surface area contributed by atoms with Crippen LogP contribution in [0, 0.1) is 6.92 Å². The maximum Gasteiger partial charge on any atom is 0.359 e. The standard InChI is InChI=1S/C22H22N4O3/c1-3-26-21(27)17(24-19-13-23-11-10-14(19)2)12-18(25-26)22(28)29-20-9-8-15-6-4-5-7-16(15)20/h4-7,10-13,20,24H,3,8-9H2,1-2H3. The van der Waals surface area contributed by atoms with E-state index in [4.69, 9.17) is 4.74 Å². The second-order valence-electron chi connectivity index (χ2n) is 7.01. The van der Waals surface area contributed by atoms with Gasteiger partial charge in [0, 0.05) is 18.8 Å². The Balaban J connectivity index is 1.63. The minimum absolute atomic E-state index is 0.0971. The largest absolute Gasteiger partial charge is 0.453 e. The first-order valence-corrected chi connectivity index (χ1v) is 9.65. The summed E-state index contributed by atoms with van der Waals surface area (Å²) in [5, 5.41) is 7.26. The van der Waals surface area contributed by atoms with E-state index in [0.717, 1.165) is 24.0 Å². The first-order valence-electron chi connectivity index (χ1n) is 9.65. The average Bonchev–Trinajstić information content (AvgIpc) is 3.14. The fourth-order valence-electron chi connectivity index (χ4n) is 3.52. The van der Waals surface area contributed by atoms with Gasteiger partial charge in [0.2, 0.25) is 0 Å². The molecule has 1 aliphatic rings. The second-order valence-corrected chi connectivity index (χ2v) is 7.01. The molecule has 1 atom stereocenters. The fraction of sp³-hybridized carbons (Fsp3) is 0.273. The number of esters is 1. The summed E-state index contributed by atoms with van der Waals surface area (Å²) in [5.74, 6) is -0.542. The van der Waals surface area contributed by atoms with Gasteiger partial charge in [-0.25, -0.2) is 9.48 Å². The minimum atomic E-state index is -0.542. The molecule has 1 unspecified atom stereocenters. The van der Waals surface area contributed by atoms with Crippen molar-refractivity contribution in [1.82, 2.24) is 14.8 Å². The van der Waals surface area contributed by atoms with Crippen LogP contribution in [0.25, 0.3) is 0 Å². The molecular formula is C22H22N4O3. The molecule has 3 aromatic rings. The van der Waals surface area contributed by atoms with E-state index >= 15 is 0 Å². The van der Waals surface area contributed by atoms with E-state index < -0.39 is 5.97 Å². The van der Waals surface area contributed by atoms with Gasteiger partial charge in [0.05, 0.1) is 11.9 Å². The number of aryl methyl sites for hydroxylation is 3. The Morgan fingerprint density at radius 3 is 2.90 bits per heavy atom. The summed E-state index contributed by atoms with van der Waals surface area (Å²) in [4.78, 5) is 29.6. The van der Waals surface area contributed by atoms with E-state index in [1.54, 1.807) is 19.3 Å². The number of nitrogens with one attached hydrogen (secondary N) is 1. The van der Waals surface area contributed by atoms with Crippen LogP contribution in [0.4, 0.5) is 11.4 Å². The molecule has 0 saturated carbocycles. The molecular weight excluding hydrogens is 368 g/mol. The Kier molecular flexibility index (Phi) is 5.12. The van der Waals surface area contributed by atoms with Crippen LogP contribution in [0.15, 0.2) is 53.6 Å². The number of benzene rings is 1. The Morgan fingerprint density at radius 2 is 2.10 bits per heavy atom. The number of aromatic nitrogens is 3. The number of ether oxygens (including phenoxy) is 1. The maximum atomic E-state index is 12.8. The molecule has 0 bridgehead atoms. The van der Waals surface area contributed by atoms with E-state index in [9.17, 15) is 9.59 Å². The van der Waals surface area contributed by atoms with Crippen molar-refractivity contribution in [3.05, 3.63) is 81.5 Å². The van der Waals surface area contributed by atoms with Gasteiger partial charge in [-0.15, -0.1) is 0 Å². The van der Waals surface area contributed by atoms with Gasteiger partial charge < -0.3 is 10.1 Å². The molecule has 1 aliphatic carbocycles. The van der Waals surface area contributed by atoms with Crippen LogP contribution in [0.1, 0.15) is 46.6 Å². The molecule has 1 aromatic carbocycles. The van der Waals surface area contributed by atoms with E-state index in [-0.39, 0.29) is 23.0 Å². The van der Waals surface area contributed by atoms with Crippen molar-refractivity contribution in [2.45, 2.75) is 39.3 Å².